The second-order valence-corrected chi connectivity index (χ2v) is 12.6. The number of likely N-dealkylation sites (tertiary alicyclic amines) is 1. The van der Waals surface area contributed by atoms with Gasteiger partial charge in [-0.15, -0.1) is 22.0 Å². The molecular formula is C31H34ClF3N4O5S. The van der Waals surface area contributed by atoms with Crippen LogP contribution in [-0.2, 0) is 20.5 Å². The van der Waals surface area contributed by atoms with Crippen LogP contribution < -0.4 is 9.47 Å². The molecule has 0 bridgehead atoms. The van der Waals surface area contributed by atoms with Crippen molar-refractivity contribution in [3.05, 3.63) is 64.2 Å². The fourth-order valence-corrected chi connectivity index (χ4v) is 7.68. The molecule has 1 saturated heterocycles. The smallest absolute Gasteiger partial charge is 0.452 e. The van der Waals surface area contributed by atoms with Gasteiger partial charge in [0.1, 0.15) is 0 Å². The number of methoxy groups -OCH3 is 2. The van der Waals surface area contributed by atoms with E-state index in [-0.39, 0.29) is 42.1 Å². The number of hydrogen-bond donors (Lipinski definition) is 0. The van der Waals surface area contributed by atoms with Gasteiger partial charge in [-0.05, 0) is 61.9 Å². The summed E-state index contributed by atoms with van der Waals surface area (Å²) in [6, 6.07) is 10.1. The Bertz CT molecular complexity index is 1540. The van der Waals surface area contributed by atoms with Crippen LogP contribution in [0.1, 0.15) is 72.3 Å². The Morgan fingerprint density at radius 3 is 2.49 bits per heavy atom. The molecule has 1 fully saturated rings. The van der Waals surface area contributed by atoms with E-state index in [1.165, 1.54) is 38.1 Å². The van der Waals surface area contributed by atoms with Gasteiger partial charge in [-0.1, -0.05) is 23.7 Å². The molecule has 3 heterocycles. The number of ether oxygens (including phenoxy) is 3. The molecule has 2 aliphatic rings. The number of amides is 1. The molecule has 45 heavy (non-hydrogen) atoms. The number of alkyl halides is 3. The van der Waals surface area contributed by atoms with Crippen molar-refractivity contribution in [3.63, 3.8) is 0 Å². The Labute approximate surface area is 268 Å². The third kappa shape index (κ3) is 7.04. The minimum atomic E-state index is -4.78. The van der Waals surface area contributed by atoms with Crippen molar-refractivity contribution in [2.24, 2.45) is 5.92 Å². The number of para-hydroxylation sites is 1. The Balaban J connectivity index is 1.47. The number of carbonyl (C=O) groups excluding carboxylic acids is 2. The highest BCUT2D eigenvalue weighted by Gasteiger charge is 2.43. The third-order valence-electron chi connectivity index (χ3n) is 8.11. The highest BCUT2D eigenvalue weighted by atomic mass is 35.5. The lowest BCUT2D eigenvalue weighted by atomic mass is 9.93. The minimum absolute atomic E-state index is 0.0908. The number of halogens is 4. The first kappa shape index (κ1) is 32.9. The van der Waals surface area contributed by atoms with E-state index in [4.69, 9.17) is 25.8 Å². The lowest BCUT2D eigenvalue weighted by Gasteiger charge is -2.32. The Hall–Kier alpha value is -3.45. The molecule has 9 nitrogen and oxygen atoms in total. The van der Waals surface area contributed by atoms with E-state index < -0.39 is 22.5 Å². The standard InChI is InChI=1S/C31H34ClF3N4O5S/c1-4-44-26(41)16-18-12-14-38(15-13-18)25(40)11-10-24-29-36-37-30(31(33,34)35)39(29)22-9-8-19(32)17-21(22)28(45-24)20-6-5-7-23(42-2)27(20)43-3/h5-9,17-18,24,28H,4,10-16H2,1-3H3. The molecule has 14 heteroatoms. The van der Waals surface area contributed by atoms with Gasteiger partial charge < -0.3 is 19.1 Å². The number of nitrogens with zero attached hydrogens (tertiary/aromatic N) is 4. The molecule has 0 radical (unpaired) electrons. The number of fused-ring (bicyclic) bond motifs is 3. The van der Waals surface area contributed by atoms with Gasteiger partial charge in [-0.3, -0.25) is 14.2 Å². The molecule has 0 saturated carbocycles. The van der Waals surface area contributed by atoms with Crippen LogP contribution in [0.25, 0.3) is 5.69 Å². The Morgan fingerprint density at radius 1 is 1.07 bits per heavy atom. The molecule has 0 aliphatic carbocycles. The second kappa shape index (κ2) is 13.9. The van der Waals surface area contributed by atoms with E-state index in [9.17, 15) is 22.8 Å². The molecule has 2 aliphatic heterocycles. The second-order valence-electron chi connectivity index (χ2n) is 10.9. The van der Waals surface area contributed by atoms with Gasteiger partial charge in [0.15, 0.2) is 17.3 Å². The van der Waals surface area contributed by atoms with Gasteiger partial charge in [0.25, 0.3) is 0 Å². The van der Waals surface area contributed by atoms with Gasteiger partial charge in [-0.2, -0.15) is 13.2 Å². The number of aromatic nitrogens is 3. The maximum Gasteiger partial charge on any atom is 0.452 e. The summed E-state index contributed by atoms with van der Waals surface area (Å²) in [5.41, 5.74) is 1.44. The van der Waals surface area contributed by atoms with Gasteiger partial charge >= 0.3 is 12.1 Å². The average molecular weight is 667 g/mol. The number of thioether (sulfide) groups is 1. The van der Waals surface area contributed by atoms with E-state index in [0.717, 1.165) is 4.57 Å². The van der Waals surface area contributed by atoms with Gasteiger partial charge in [0, 0.05) is 36.5 Å². The maximum atomic E-state index is 14.3. The van der Waals surface area contributed by atoms with Crippen LogP contribution in [0.15, 0.2) is 36.4 Å². The number of carbonyl (C=O) groups is 2. The minimum Gasteiger partial charge on any atom is -0.493 e. The van der Waals surface area contributed by atoms with Crippen LogP contribution in [0.4, 0.5) is 13.2 Å². The molecule has 3 aromatic rings. The van der Waals surface area contributed by atoms with Crippen LogP contribution in [0.2, 0.25) is 5.02 Å². The Morgan fingerprint density at radius 2 is 1.82 bits per heavy atom. The fraction of sp³-hybridized carbons (Fsp3) is 0.484. The Kier molecular flexibility index (Phi) is 10.2. The molecule has 2 unspecified atom stereocenters. The van der Waals surface area contributed by atoms with Gasteiger partial charge in [0.05, 0.1) is 37.0 Å². The first-order valence-corrected chi connectivity index (χ1v) is 16.0. The van der Waals surface area contributed by atoms with Crippen molar-refractivity contribution in [1.29, 1.82) is 0 Å². The number of piperidine rings is 1. The molecule has 5 rings (SSSR count). The number of rotatable bonds is 9. The largest absolute Gasteiger partial charge is 0.493 e. The van der Waals surface area contributed by atoms with Crippen molar-refractivity contribution in [2.75, 3.05) is 33.9 Å². The van der Waals surface area contributed by atoms with Crippen LogP contribution >= 0.6 is 23.4 Å². The van der Waals surface area contributed by atoms with Crippen molar-refractivity contribution in [1.82, 2.24) is 19.7 Å². The molecule has 242 valence electrons. The highest BCUT2D eigenvalue weighted by Crippen LogP contribution is 2.54. The lowest BCUT2D eigenvalue weighted by Crippen LogP contribution is -2.39. The number of hydrogen-bond acceptors (Lipinski definition) is 8. The number of benzene rings is 2. The summed E-state index contributed by atoms with van der Waals surface area (Å²) >= 11 is 7.79. The summed E-state index contributed by atoms with van der Waals surface area (Å²) in [6.45, 7) is 3.10. The van der Waals surface area contributed by atoms with E-state index in [2.05, 4.69) is 10.2 Å². The fourth-order valence-electron chi connectivity index (χ4n) is 5.97. The van der Waals surface area contributed by atoms with Crippen LogP contribution in [0.5, 0.6) is 11.5 Å². The van der Waals surface area contributed by atoms with Crippen molar-refractivity contribution in [3.8, 4) is 17.2 Å². The molecular weight excluding hydrogens is 633 g/mol. The third-order valence-corrected chi connectivity index (χ3v) is 9.90. The van der Waals surface area contributed by atoms with E-state index >= 15 is 0 Å². The number of esters is 1. The molecule has 1 aromatic heterocycles. The lowest BCUT2D eigenvalue weighted by molar-refractivity contribution is -0.146. The topological polar surface area (TPSA) is 95.8 Å². The molecule has 0 spiro atoms. The van der Waals surface area contributed by atoms with Crippen molar-refractivity contribution < 1.29 is 37.0 Å². The predicted molar refractivity (Wildman–Crippen MR) is 163 cm³/mol. The van der Waals surface area contributed by atoms with Crippen molar-refractivity contribution >= 4 is 35.2 Å². The monoisotopic (exact) mass is 666 g/mol. The van der Waals surface area contributed by atoms with Crippen LogP contribution in [-0.4, -0.2) is 65.5 Å². The zero-order valence-electron chi connectivity index (χ0n) is 25.1. The summed E-state index contributed by atoms with van der Waals surface area (Å²) in [4.78, 5) is 27.0. The maximum absolute atomic E-state index is 14.3. The molecule has 2 aromatic carbocycles. The highest BCUT2D eigenvalue weighted by molar-refractivity contribution is 8.00. The summed E-state index contributed by atoms with van der Waals surface area (Å²) in [5.74, 6) is -0.336. The SMILES string of the molecule is CCOC(=O)CC1CCN(C(=O)CCC2SC(c3cccc(OC)c3OC)c3cc(Cl)ccc3-n3c2nnc3C(F)(F)F)CC1. The molecule has 0 N–H and O–H groups in total. The quantitative estimate of drug-likeness (QED) is 0.230. The summed E-state index contributed by atoms with van der Waals surface area (Å²) in [5, 5.41) is 6.77. The average Bonchev–Trinajstić information content (AvgIpc) is 3.42. The van der Waals surface area contributed by atoms with E-state index in [1.807, 2.05) is 6.07 Å². The van der Waals surface area contributed by atoms with Gasteiger partial charge in [0.2, 0.25) is 11.7 Å². The van der Waals surface area contributed by atoms with Crippen molar-refractivity contribution in [2.45, 2.75) is 55.7 Å². The predicted octanol–water partition coefficient (Wildman–Crippen LogP) is 6.81. The molecule has 2 atom stereocenters. The first-order chi connectivity index (χ1) is 21.5. The zero-order valence-corrected chi connectivity index (χ0v) is 26.7. The first-order valence-electron chi connectivity index (χ1n) is 14.7. The summed E-state index contributed by atoms with van der Waals surface area (Å²) in [7, 11) is 3.02. The molecule has 1 amide bonds. The van der Waals surface area contributed by atoms with E-state index in [1.54, 1.807) is 30.0 Å². The normalized spacial score (nSPS) is 18.5. The van der Waals surface area contributed by atoms with Crippen LogP contribution in [0.3, 0.4) is 0 Å². The van der Waals surface area contributed by atoms with Crippen LogP contribution in [0, 0.1) is 5.92 Å². The summed E-state index contributed by atoms with van der Waals surface area (Å²) in [6.07, 6.45) is -2.79. The van der Waals surface area contributed by atoms with E-state index in [0.29, 0.717) is 66.6 Å². The summed E-state index contributed by atoms with van der Waals surface area (Å²) < 4.78 is 60.3. The van der Waals surface area contributed by atoms with Gasteiger partial charge in [-0.25, -0.2) is 0 Å². The zero-order chi connectivity index (χ0) is 32.3.